The van der Waals surface area contributed by atoms with Gasteiger partial charge in [-0.1, -0.05) is 12.1 Å². The molecule has 3 aliphatic rings. The Morgan fingerprint density at radius 2 is 1.54 bits per heavy atom. The average molecular weight is 685 g/mol. The van der Waals surface area contributed by atoms with Crippen LogP contribution in [0.3, 0.4) is 0 Å². The van der Waals surface area contributed by atoms with Crippen molar-refractivity contribution in [3.8, 4) is 17.2 Å². The number of aliphatic hydroxyl groups is 1. The van der Waals surface area contributed by atoms with Gasteiger partial charge in [0.05, 0.1) is 29.9 Å². The molecule has 2 aliphatic carbocycles. The SMILES string of the molecule is COc1cccc2c1C(=O)c1c(O)c3c(c(O)c1C2=O)C[C@@](O)(C(C)=O)C[C@@H]3O[C@@H]1O[C@@H](C(F)(F)F)[C@@H](OC(C)=O)[C@@H](OC(C)=O)[C@H]1F. The molecule has 0 amide bonds. The van der Waals surface area contributed by atoms with Gasteiger partial charge >= 0.3 is 18.1 Å². The van der Waals surface area contributed by atoms with Crippen LogP contribution < -0.4 is 4.74 Å². The number of ketones is 3. The lowest BCUT2D eigenvalue weighted by atomic mass is 9.72. The molecule has 1 heterocycles. The lowest BCUT2D eigenvalue weighted by molar-refractivity contribution is -0.354. The van der Waals surface area contributed by atoms with Crippen LogP contribution in [0.1, 0.15) is 76.3 Å². The molecule has 1 fully saturated rings. The summed E-state index contributed by atoms with van der Waals surface area (Å²) in [5, 5.41) is 34.2. The number of aromatic hydroxyl groups is 2. The predicted octanol–water partition coefficient (Wildman–Crippen LogP) is 2.69. The van der Waals surface area contributed by atoms with Gasteiger partial charge in [0.1, 0.15) is 22.8 Å². The molecule has 5 rings (SSSR count). The number of esters is 2. The van der Waals surface area contributed by atoms with E-state index < -0.39 is 125 Å². The normalized spacial score (nSPS) is 28.1. The third-order valence-corrected chi connectivity index (χ3v) is 8.43. The summed E-state index contributed by atoms with van der Waals surface area (Å²) in [5.41, 5.74) is -5.47. The minimum atomic E-state index is -5.37. The van der Waals surface area contributed by atoms with Crippen molar-refractivity contribution < 1.29 is 80.5 Å². The van der Waals surface area contributed by atoms with Gasteiger partial charge in [0.25, 0.3) is 0 Å². The van der Waals surface area contributed by atoms with Crippen molar-refractivity contribution in [2.45, 2.75) is 82.3 Å². The van der Waals surface area contributed by atoms with Gasteiger partial charge in [-0.15, -0.1) is 0 Å². The molecular formula is C31H28F4O13. The number of methoxy groups -OCH3 is 1. The smallest absolute Gasteiger partial charge is 0.418 e. The van der Waals surface area contributed by atoms with E-state index in [1.807, 2.05) is 0 Å². The molecule has 17 heteroatoms. The molecular weight excluding hydrogens is 656 g/mol. The van der Waals surface area contributed by atoms with Gasteiger partial charge in [-0.2, -0.15) is 13.2 Å². The second-order valence-corrected chi connectivity index (χ2v) is 11.5. The molecule has 2 aromatic carbocycles. The maximum Gasteiger partial charge on any atom is 0.418 e. The first kappa shape index (κ1) is 34.7. The number of hydrogen-bond donors (Lipinski definition) is 3. The maximum atomic E-state index is 16.0. The zero-order valence-corrected chi connectivity index (χ0v) is 25.5. The van der Waals surface area contributed by atoms with Crippen LogP contribution in [0.5, 0.6) is 17.2 Å². The topological polar surface area (TPSA) is 192 Å². The van der Waals surface area contributed by atoms with Crippen LogP contribution in [0, 0.1) is 0 Å². The van der Waals surface area contributed by atoms with Crippen molar-refractivity contribution in [3.05, 3.63) is 51.6 Å². The van der Waals surface area contributed by atoms with Gasteiger partial charge in [-0.25, -0.2) is 4.39 Å². The van der Waals surface area contributed by atoms with Gasteiger partial charge in [-0.05, 0) is 13.0 Å². The first-order chi connectivity index (χ1) is 22.3. The van der Waals surface area contributed by atoms with Gasteiger partial charge in [0, 0.05) is 43.4 Å². The molecule has 258 valence electrons. The van der Waals surface area contributed by atoms with Crippen molar-refractivity contribution in [1.29, 1.82) is 0 Å². The number of phenols is 2. The molecule has 0 radical (unpaired) electrons. The van der Waals surface area contributed by atoms with E-state index in [-0.39, 0.29) is 16.9 Å². The fourth-order valence-corrected chi connectivity index (χ4v) is 6.28. The Hall–Kier alpha value is -4.61. The number of carbonyl (C=O) groups excluding carboxylic acids is 5. The number of Topliss-reactive ketones (excluding diaryl/α,β-unsaturated/α-hetero) is 1. The van der Waals surface area contributed by atoms with Crippen LogP contribution in [-0.4, -0.2) is 94.3 Å². The predicted molar refractivity (Wildman–Crippen MR) is 148 cm³/mol. The molecule has 0 spiro atoms. The monoisotopic (exact) mass is 684 g/mol. The number of hydrogen-bond acceptors (Lipinski definition) is 13. The third kappa shape index (κ3) is 5.64. The number of fused-ring (bicyclic) bond motifs is 3. The fraction of sp³-hybridized carbons (Fsp3) is 0.452. The lowest BCUT2D eigenvalue weighted by Gasteiger charge is -2.45. The van der Waals surface area contributed by atoms with Crippen LogP contribution in [-0.2, 0) is 39.8 Å². The zero-order chi connectivity index (χ0) is 35.6. The van der Waals surface area contributed by atoms with E-state index in [0.717, 1.165) is 20.8 Å². The highest BCUT2D eigenvalue weighted by molar-refractivity contribution is 6.31. The molecule has 1 aliphatic heterocycles. The van der Waals surface area contributed by atoms with Crippen molar-refractivity contribution in [2.75, 3.05) is 7.11 Å². The Labute approximate surface area is 268 Å². The number of ether oxygens (including phenoxy) is 5. The standard InChI is InChI=1S/C31H28F4O13/c1-10(36)30(43)8-14-18(25(42)20-19(23(14)40)22(39)13-6-5-7-15(44-4)17(13)24(20)41)16(9-30)47-29-21(32)26(45-11(2)37)27(46-12(3)38)28(48-29)31(33,34)35/h5-7,16,21,26-29,40,42-43H,8-9H2,1-4H3/t16-,21+,26-,27-,28+,29+,30-/m0/s1. The lowest BCUT2D eigenvalue weighted by Crippen LogP contribution is -2.63. The second-order valence-electron chi connectivity index (χ2n) is 11.5. The Kier molecular flexibility index (Phi) is 8.77. The van der Waals surface area contributed by atoms with E-state index >= 15 is 4.39 Å². The Morgan fingerprint density at radius 3 is 2.10 bits per heavy atom. The van der Waals surface area contributed by atoms with E-state index in [4.69, 9.17) is 18.9 Å². The van der Waals surface area contributed by atoms with Gasteiger partial charge in [-0.3, -0.25) is 24.0 Å². The third-order valence-electron chi connectivity index (χ3n) is 8.43. The molecule has 48 heavy (non-hydrogen) atoms. The summed E-state index contributed by atoms with van der Waals surface area (Å²) in [4.78, 5) is 63.4. The minimum absolute atomic E-state index is 0.0696. The number of alkyl halides is 4. The van der Waals surface area contributed by atoms with Crippen LogP contribution in [0.15, 0.2) is 18.2 Å². The Balaban J connectivity index is 1.67. The summed E-state index contributed by atoms with van der Waals surface area (Å²) < 4.78 is 83.7. The number of phenolic OH excluding ortho intramolecular Hbond substituents is 2. The molecule has 7 atom stereocenters. The first-order valence-corrected chi connectivity index (χ1v) is 14.3. The van der Waals surface area contributed by atoms with Crippen molar-refractivity contribution in [2.24, 2.45) is 0 Å². The van der Waals surface area contributed by atoms with Gasteiger partial charge in [0.2, 0.25) is 5.78 Å². The maximum absolute atomic E-state index is 16.0. The highest BCUT2D eigenvalue weighted by Gasteiger charge is 2.61. The molecule has 0 aromatic heterocycles. The highest BCUT2D eigenvalue weighted by Crippen LogP contribution is 2.53. The van der Waals surface area contributed by atoms with E-state index in [1.165, 1.54) is 25.3 Å². The number of carbonyl (C=O) groups is 5. The first-order valence-electron chi connectivity index (χ1n) is 14.3. The minimum Gasteiger partial charge on any atom is -0.507 e. The molecule has 0 unspecified atom stereocenters. The number of halogens is 4. The summed E-state index contributed by atoms with van der Waals surface area (Å²) in [6, 6.07) is 4.00. The Morgan fingerprint density at radius 1 is 0.938 bits per heavy atom. The van der Waals surface area contributed by atoms with Crippen molar-refractivity contribution in [1.82, 2.24) is 0 Å². The van der Waals surface area contributed by atoms with Gasteiger partial charge < -0.3 is 39.0 Å². The Bertz CT molecular complexity index is 1740. The van der Waals surface area contributed by atoms with E-state index in [1.54, 1.807) is 0 Å². The van der Waals surface area contributed by atoms with Crippen LogP contribution in [0.2, 0.25) is 0 Å². The number of benzene rings is 2. The highest BCUT2D eigenvalue weighted by atomic mass is 19.4. The summed E-state index contributed by atoms with van der Waals surface area (Å²) in [6.07, 6.45) is -22.6. The summed E-state index contributed by atoms with van der Waals surface area (Å²) in [6.45, 7) is 2.42. The van der Waals surface area contributed by atoms with E-state index in [2.05, 4.69) is 4.74 Å². The summed E-state index contributed by atoms with van der Waals surface area (Å²) in [5.74, 6) is -7.50. The quantitative estimate of drug-likeness (QED) is 0.195. The van der Waals surface area contributed by atoms with E-state index in [9.17, 15) is 52.5 Å². The van der Waals surface area contributed by atoms with Gasteiger partial charge in [0.15, 0.2) is 42.3 Å². The second kappa shape index (κ2) is 12.1. The van der Waals surface area contributed by atoms with Crippen LogP contribution in [0.25, 0.3) is 0 Å². The number of rotatable bonds is 6. The molecule has 0 saturated carbocycles. The van der Waals surface area contributed by atoms with Crippen molar-refractivity contribution >= 4 is 29.3 Å². The zero-order valence-electron chi connectivity index (χ0n) is 25.5. The van der Waals surface area contributed by atoms with E-state index in [0.29, 0.717) is 0 Å². The largest absolute Gasteiger partial charge is 0.507 e. The molecule has 13 nitrogen and oxygen atoms in total. The molecule has 2 aromatic rings. The average Bonchev–Trinajstić information content (AvgIpc) is 2.99. The molecule has 3 N–H and O–H groups in total. The summed E-state index contributed by atoms with van der Waals surface area (Å²) >= 11 is 0. The molecule has 0 bridgehead atoms. The van der Waals surface area contributed by atoms with Crippen LogP contribution in [0.4, 0.5) is 17.6 Å². The molecule has 1 saturated heterocycles. The van der Waals surface area contributed by atoms with Crippen molar-refractivity contribution in [3.63, 3.8) is 0 Å². The fourth-order valence-electron chi connectivity index (χ4n) is 6.28. The van der Waals surface area contributed by atoms with Crippen LogP contribution >= 0.6 is 0 Å². The summed E-state index contributed by atoms with van der Waals surface area (Å²) in [7, 11) is 1.21.